The first-order valence-corrected chi connectivity index (χ1v) is 10.9. The van der Waals surface area contributed by atoms with Crippen molar-refractivity contribution in [3.8, 4) is 16.4 Å². The molecule has 1 fully saturated rings. The number of carbonyl (C=O) groups is 3. The second-order valence-corrected chi connectivity index (χ2v) is 8.81. The summed E-state index contributed by atoms with van der Waals surface area (Å²) in [6, 6.07) is 12.7. The molecule has 1 unspecified atom stereocenters. The highest BCUT2D eigenvalue weighted by molar-refractivity contribution is 7.21. The summed E-state index contributed by atoms with van der Waals surface area (Å²) >= 11 is 1.56. The van der Waals surface area contributed by atoms with Crippen LogP contribution >= 0.6 is 11.3 Å². The van der Waals surface area contributed by atoms with Gasteiger partial charge in [0.2, 0.25) is 11.8 Å². The van der Waals surface area contributed by atoms with Crippen LogP contribution in [0, 0.1) is 0 Å². The topological polar surface area (TPSA) is 110 Å². The molecule has 1 atom stereocenters. The first-order valence-electron chi connectivity index (χ1n) is 10.1. The van der Waals surface area contributed by atoms with Crippen LogP contribution in [0.5, 0.6) is 0 Å². The molecule has 1 saturated heterocycles. The van der Waals surface area contributed by atoms with Crippen LogP contribution in [0.15, 0.2) is 48.7 Å². The average molecular weight is 444 g/mol. The van der Waals surface area contributed by atoms with E-state index in [0.717, 1.165) is 26.5 Å². The van der Waals surface area contributed by atoms with Gasteiger partial charge in [-0.05, 0) is 42.3 Å². The van der Waals surface area contributed by atoms with Gasteiger partial charge in [-0.25, -0.2) is 9.67 Å². The van der Waals surface area contributed by atoms with Crippen molar-refractivity contribution in [2.45, 2.75) is 25.4 Å². The van der Waals surface area contributed by atoms with Crippen molar-refractivity contribution in [2.24, 2.45) is 0 Å². The predicted molar refractivity (Wildman–Crippen MR) is 116 cm³/mol. The molecular weight excluding hydrogens is 428 g/mol. The summed E-state index contributed by atoms with van der Waals surface area (Å²) in [6.45, 7) is 0.313. The summed E-state index contributed by atoms with van der Waals surface area (Å²) in [5.41, 5.74) is 3.74. The molecule has 4 heterocycles. The van der Waals surface area contributed by atoms with Gasteiger partial charge in [0.25, 0.3) is 5.91 Å². The molecule has 3 amide bonds. The van der Waals surface area contributed by atoms with E-state index < -0.39 is 11.9 Å². The van der Waals surface area contributed by atoms with Crippen LogP contribution in [0.25, 0.3) is 26.6 Å². The van der Waals surface area contributed by atoms with Gasteiger partial charge in [-0.1, -0.05) is 17.3 Å². The Balaban J connectivity index is 1.28. The lowest BCUT2D eigenvalue weighted by atomic mass is 10.0. The number of rotatable bonds is 3. The number of thiazole rings is 1. The lowest BCUT2D eigenvalue weighted by Gasteiger charge is -2.29. The molecule has 0 spiro atoms. The Bertz CT molecular complexity index is 1390. The van der Waals surface area contributed by atoms with E-state index in [0.29, 0.717) is 24.2 Å². The van der Waals surface area contributed by atoms with Crippen molar-refractivity contribution in [3.05, 3.63) is 59.8 Å². The van der Waals surface area contributed by atoms with Gasteiger partial charge in [-0.2, -0.15) is 0 Å². The van der Waals surface area contributed by atoms with Gasteiger partial charge in [0, 0.05) is 18.5 Å². The third-order valence-corrected chi connectivity index (χ3v) is 6.84. The molecule has 6 rings (SSSR count). The highest BCUT2D eigenvalue weighted by Crippen LogP contribution is 2.31. The molecule has 0 saturated carbocycles. The van der Waals surface area contributed by atoms with Gasteiger partial charge >= 0.3 is 0 Å². The minimum absolute atomic E-state index is 0.199. The second kappa shape index (κ2) is 7.06. The van der Waals surface area contributed by atoms with Crippen LogP contribution in [-0.4, -0.2) is 48.6 Å². The molecule has 0 aliphatic carbocycles. The van der Waals surface area contributed by atoms with Gasteiger partial charge in [0.05, 0.1) is 22.1 Å². The summed E-state index contributed by atoms with van der Waals surface area (Å²) in [4.78, 5) is 42.7. The van der Waals surface area contributed by atoms with Crippen LogP contribution in [0.2, 0.25) is 0 Å². The first kappa shape index (κ1) is 18.8. The SMILES string of the molecule is O=C1CCC(N2Cc3cc(-n4cc(-c5nc6ccccc6s5)nn4)ccc3C2=O)C(=O)N1. The number of hydrogen-bond acceptors (Lipinski definition) is 7. The van der Waals surface area contributed by atoms with Crippen molar-refractivity contribution >= 4 is 39.3 Å². The van der Waals surface area contributed by atoms with Gasteiger partial charge in [-0.3, -0.25) is 19.7 Å². The summed E-state index contributed by atoms with van der Waals surface area (Å²) < 4.78 is 2.74. The number of benzene rings is 2. The quantitative estimate of drug-likeness (QED) is 0.486. The Morgan fingerprint density at radius 2 is 1.97 bits per heavy atom. The lowest BCUT2D eigenvalue weighted by molar-refractivity contribution is -0.136. The van der Waals surface area contributed by atoms with E-state index in [1.54, 1.807) is 22.1 Å². The molecule has 4 aromatic rings. The zero-order valence-corrected chi connectivity index (χ0v) is 17.5. The molecule has 9 nitrogen and oxygen atoms in total. The summed E-state index contributed by atoms with van der Waals surface area (Å²) in [5, 5.41) is 11.6. The fraction of sp³-hybridized carbons (Fsp3) is 0.182. The Labute approximate surface area is 185 Å². The van der Waals surface area contributed by atoms with Crippen LogP contribution in [0.1, 0.15) is 28.8 Å². The minimum atomic E-state index is -0.631. The Morgan fingerprint density at radius 3 is 2.81 bits per heavy atom. The fourth-order valence-corrected chi connectivity index (χ4v) is 5.09. The summed E-state index contributed by atoms with van der Waals surface area (Å²) in [7, 11) is 0. The number of piperidine rings is 1. The number of aromatic nitrogens is 4. The minimum Gasteiger partial charge on any atom is -0.322 e. The van der Waals surface area contributed by atoms with E-state index in [4.69, 9.17) is 0 Å². The van der Waals surface area contributed by atoms with E-state index in [-0.39, 0.29) is 18.2 Å². The van der Waals surface area contributed by atoms with E-state index in [2.05, 4.69) is 20.6 Å². The molecular formula is C22H16N6O3S. The number of hydrogen-bond donors (Lipinski definition) is 1. The van der Waals surface area contributed by atoms with E-state index in [1.807, 2.05) is 42.6 Å². The molecule has 10 heteroatoms. The number of para-hydroxylation sites is 1. The molecule has 0 radical (unpaired) electrons. The molecule has 32 heavy (non-hydrogen) atoms. The van der Waals surface area contributed by atoms with Crippen molar-refractivity contribution in [2.75, 3.05) is 0 Å². The second-order valence-electron chi connectivity index (χ2n) is 7.78. The lowest BCUT2D eigenvalue weighted by Crippen LogP contribution is -2.52. The van der Waals surface area contributed by atoms with Crippen molar-refractivity contribution < 1.29 is 14.4 Å². The highest BCUT2D eigenvalue weighted by atomic mass is 32.1. The Hall–Kier alpha value is -3.92. The molecule has 2 aliphatic heterocycles. The van der Waals surface area contributed by atoms with Crippen LogP contribution in [-0.2, 0) is 16.1 Å². The van der Waals surface area contributed by atoms with Crippen molar-refractivity contribution in [1.29, 1.82) is 0 Å². The number of fused-ring (bicyclic) bond motifs is 2. The maximum absolute atomic E-state index is 12.9. The predicted octanol–water partition coefficient (Wildman–Crippen LogP) is 2.30. The monoisotopic (exact) mass is 444 g/mol. The van der Waals surface area contributed by atoms with Crippen LogP contribution in [0.3, 0.4) is 0 Å². The standard InChI is InChI=1S/C22H16N6O3S/c29-19-8-7-17(20(30)24-19)27-10-12-9-13(5-6-14(12)22(27)31)28-11-16(25-26-28)21-23-15-3-1-2-4-18(15)32-21/h1-6,9,11,17H,7-8,10H2,(H,24,29,30). The molecule has 0 bridgehead atoms. The van der Waals surface area contributed by atoms with Crippen LogP contribution in [0.4, 0.5) is 0 Å². The van der Waals surface area contributed by atoms with Gasteiger partial charge < -0.3 is 4.90 Å². The first-order chi connectivity index (χ1) is 15.6. The van der Waals surface area contributed by atoms with Crippen molar-refractivity contribution in [1.82, 2.24) is 30.2 Å². The smallest absolute Gasteiger partial charge is 0.255 e. The highest BCUT2D eigenvalue weighted by Gasteiger charge is 2.39. The molecule has 2 aromatic carbocycles. The number of amides is 3. The Morgan fingerprint density at radius 1 is 1.09 bits per heavy atom. The number of nitrogens with zero attached hydrogens (tertiary/aromatic N) is 5. The van der Waals surface area contributed by atoms with Gasteiger partial charge in [0.1, 0.15) is 16.7 Å². The van der Waals surface area contributed by atoms with Crippen molar-refractivity contribution in [3.63, 3.8) is 0 Å². The van der Waals surface area contributed by atoms with E-state index in [1.165, 1.54) is 4.90 Å². The average Bonchev–Trinajstić information content (AvgIpc) is 3.50. The normalized spacial score (nSPS) is 18.3. The van der Waals surface area contributed by atoms with E-state index in [9.17, 15) is 14.4 Å². The molecule has 2 aliphatic rings. The number of carbonyl (C=O) groups excluding carboxylic acids is 3. The largest absolute Gasteiger partial charge is 0.322 e. The Kier molecular flexibility index (Phi) is 4.15. The summed E-state index contributed by atoms with van der Waals surface area (Å²) in [6.07, 6.45) is 2.38. The maximum Gasteiger partial charge on any atom is 0.255 e. The van der Waals surface area contributed by atoms with Gasteiger partial charge in [0.15, 0.2) is 0 Å². The zero-order valence-electron chi connectivity index (χ0n) is 16.7. The van der Waals surface area contributed by atoms with E-state index >= 15 is 0 Å². The zero-order chi connectivity index (χ0) is 21.8. The number of imide groups is 1. The van der Waals surface area contributed by atoms with Crippen LogP contribution < -0.4 is 5.32 Å². The number of nitrogens with one attached hydrogen (secondary N) is 1. The van der Waals surface area contributed by atoms with Gasteiger partial charge in [-0.15, -0.1) is 16.4 Å². The molecule has 158 valence electrons. The molecule has 2 aromatic heterocycles. The third kappa shape index (κ3) is 2.99. The third-order valence-electron chi connectivity index (χ3n) is 5.78. The maximum atomic E-state index is 12.9. The molecule has 1 N–H and O–H groups in total. The fourth-order valence-electron chi connectivity index (χ4n) is 4.17. The summed E-state index contributed by atoms with van der Waals surface area (Å²) in [5.74, 6) is -0.915.